The molecule has 0 radical (unpaired) electrons. The smallest absolute Gasteiger partial charge is 0.202 e. The summed E-state index contributed by atoms with van der Waals surface area (Å²) in [6.07, 6.45) is 4.27. The summed E-state index contributed by atoms with van der Waals surface area (Å²) in [5.41, 5.74) is 0.874. The van der Waals surface area contributed by atoms with Gasteiger partial charge in [-0.05, 0) is 25.0 Å². The number of nitrogens with one attached hydrogen (secondary N) is 1. The molecular formula is C13H16N2O3. The second-order valence-electron chi connectivity index (χ2n) is 4.43. The monoisotopic (exact) mass is 248 g/mol. The van der Waals surface area contributed by atoms with Crippen molar-refractivity contribution in [3.63, 3.8) is 0 Å². The average molecular weight is 248 g/mol. The molecule has 0 spiro atoms. The lowest BCUT2D eigenvalue weighted by molar-refractivity contribution is 0.110. The molecule has 96 valence electrons. The van der Waals surface area contributed by atoms with E-state index in [1.165, 1.54) is 6.42 Å². The van der Waals surface area contributed by atoms with Gasteiger partial charge in [-0.15, -0.1) is 0 Å². The van der Waals surface area contributed by atoms with Crippen molar-refractivity contribution < 1.29 is 13.7 Å². The van der Waals surface area contributed by atoms with Crippen LogP contribution < -0.4 is 5.32 Å². The third kappa shape index (κ3) is 2.63. The highest BCUT2D eigenvalue weighted by Gasteiger charge is 2.15. The Labute approximate surface area is 105 Å². The average Bonchev–Trinajstić information content (AvgIpc) is 3.12. The highest BCUT2D eigenvalue weighted by Crippen LogP contribution is 2.20. The van der Waals surface area contributed by atoms with Crippen LogP contribution in [0.3, 0.4) is 0 Å². The first-order chi connectivity index (χ1) is 8.92. The molecule has 5 heteroatoms. The topological polar surface area (TPSA) is 60.4 Å². The van der Waals surface area contributed by atoms with Gasteiger partial charge in [0.15, 0.2) is 5.76 Å². The van der Waals surface area contributed by atoms with Crippen molar-refractivity contribution >= 4 is 0 Å². The van der Waals surface area contributed by atoms with Crippen molar-refractivity contribution in [1.29, 1.82) is 0 Å². The molecule has 5 nitrogen and oxygen atoms in total. The Hall–Kier alpha value is -1.59. The predicted octanol–water partition coefficient (Wildman–Crippen LogP) is 2.20. The first kappa shape index (κ1) is 11.5. The fourth-order valence-electron chi connectivity index (χ4n) is 2.10. The second kappa shape index (κ2) is 5.37. The summed E-state index contributed by atoms with van der Waals surface area (Å²) >= 11 is 0. The Morgan fingerprint density at radius 1 is 1.39 bits per heavy atom. The number of nitrogens with zero attached hydrogens (tertiary/aromatic N) is 1. The van der Waals surface area contributed by atoms with Crippen LogP contribution in [0.4, 0.5) is 0 Å². The number of furan rings is 1. The molecule has 1 unspecified atom stereocenters. The Balaban J connectivity index is 1.51. The molecular weight excluding hydrogens is 232 g/mol. The third-order valence-electron chi connectivity index (χ3n) is 3.03. The van der Waals surface area contributed by atoms with Gasteiger partial charge in [0, 0.05) is 25.8 Å². The van der Waals surface area contributed by atoms with E-state index >= 15 is 0 Å². The number of ether oxygens (including phenoxy) is 1. The Kier molecular flexibility index (Phi) is 3.43. The number of hydrogen-bond acceptors (Lipinski definition) is 5. The molecule has 1 saturated heterocycles. The molecule has 18 heavy (non-hydrogen) atoms. The molecule has 2 aromatic rings. The summed E-state index contributed by atoms with van der Waals surface area (Å²) in [6, 6.07) is 5.57. The molecule has 1 atom stereocenters. The van der Waals surface area contributed by atoms with Gasteiger partial charge in [0.05, 0.1) is 18.1 Å². The van der Waals surface area contributed by atoms with Crippen LogP contribution in [0.5, 0.6) is 0 Å². The number of rotatable bonds is 5. The van der Waals surface area contributed by atoms with E-state index in [1.54, 1.807) is 6.26 Å². The summed E-state index contributed by atoms with van der Waals surface area (Å²) in [6.45, 7) is 2.44. The molecule has 3 rings (SSSR count). The summed E-state index contributed by atoms with van der Waals surface area (Å²) in [5.74, 6) is 1.36. The molecule has 1 aliphatic rings. The fourth-order valence-corrected chi connectivity index (χ4v) is 2.10. The van der Waals surface area contributed by atoms with Gasteiger partial charge >= 0.3 is 0 Å². The third-order valence-corrected chi connectivity index (χ3v) is 3.03. The van der Waals surface area contributed by atoms with Crippen molar-refractivity contribution in [2.24, 2.45) is 0 Å². The molecule has 1 N–H and O–H groups in total. The highest BCUT2D eigenvalue weighted by atomic mass is 16.5. The van der Waals surface area contributed by atoms with Crippen molar-refractivity contribution in [2.45, 2.75) is 25.5 Å². The van der Waals surface area contributed by atoms with Gasteiger partial charge in [-0.1, -0.05) is 5.16 Å². The second-order valence-corrected chi connectivity index (χ2v) is 4.43. The lowest BCUT2D eigenvalue weighted by Gasteiger charge is -2.08. The van der Waals surface area contributed by atoms with E-state index in [-0.39, 0.29) is 0 Å². The first-order valence-electron chi connectivity index (χ1n) is 6.23. The number of hydrogen-bond donors (Lipinski definition) is 1. The van der Waals surface area contributed by atoms with Crippen LogP contribution in [0.25, 0.3) is 11.5 Å². The minimum absolute atomic E-state index is 0.349. The van der Waals surface area contributed by atoms with E-state index in [1.807, 2.05) is 18.2 Å². The van der Waals surface area contributed by atoms with Crippen molar-refractivity contribution in [1.82, 2.24) is 10.5 Å². The standard InChI is InChI=1S/C13H16N2O3/c1-3-11(16-5-1)9-14-8-10-7-13(18-15-10)12-4-2-6-17-12/h2,4,6-7,11,14H,1,3,5,8-9H2. The minimum Gasteiger partial charge on any atom is -0.461 e. The van der Waals surface area contributed by atoms with Gasteiger partial charge < -0.3 is 19.0 Å². The van der Waals surface area contributed by atoms with Gasteiger partial charge in [-0.2, -0.15) is 0 Å². The van der Waals surface area contributed by atoms with Crippen LogP contribution in [-0.4, -0.2) is 24.4 Å². The Morgan fingerprint density at radius 3 is 3.17 bits per heavy atom. The van der Waals surface area contributed by atoms with E-state index in [2.05, 4.69) is 10.5 Å². The molecule has 1 aliphatic heterocycles. The van der Waals surface area contributed by atoms with Crippen LogP contribution in [0.15, 0.2) is 33.4 Å². The van der Waals surface area contributed by atoms with Crippen LogP contribution in [0.2, 0.25) is 0 Å². The number of aromatic nitrogens is 1. The minimum atomic E-state index is 0.349. The van der Waals surface area contributed by atoms with Crippen LogP contribution in [-0.2, 0) is 11.3 Å². The van der Waals surface area contributed by atoms with Gasteiger partial charge in [-0.3, -0.25) is 0 Å². The van der Waals surface area contributed by atoms with E-state index < -0.39 is 0 Å². The van der Waals surface area contributed by atoms with E-state index in [0.717, 1.165) is 25.3 Å². The van der Waals surface area contributed by atoms with Crippen molar-refractivity contribution in [3.8, 4) is 11.5 Å². The molecule has 1 fully saturated rings. The summed E-state index contributed by atoms with van der Waals surface area (Å²) in [4.78, 5) is 0. The van der Waals surface area contributed by atoms with Crippen LogP contribution >= 0.6 is 0 Å². The van der Waals surface area contributed by atoms with E-state index in [9.17, 15) is 0 Å². The fraction of sp³-hybridized carbons (Fsp3) is 0.462. The molecule has 0 aliphatic carbocycles. The van der Waals surface area contributed by atoms with E-state index in [0.29, 0.717) is 24.2 Å². The van der Waals surface area contributed by atoms with Gasteiger partial charge in [-0.25, -0.2) is 0 Å². The maximum atomic E-state index is 5.53. The largest absolute Gasteiger partial charge is 0.461 e. The Morgan fingerprint density at radius 2 is 2.39 bits per heavy atom. The van der Waals surface area contributed by atoms with Crippen LogP contribution in [0, 0.1) is 0 Å². The van der Waals surface area contributed by atoms with Gasteiger partial charge in [0.1, 0.15) is 0 Å². The van der Waals surface area contributed by atoms with Gasteiger partial charge in [0.2, 0.25) is 5.76 Å². The van der Waals surface area contributed by atoms with Crippen molar-refractivity contribution in [3.05, 3.63) is 30.2 Å². The molecule has 0 aromatic carbocycles. The summed E-state index contributed by atoms with van der Waals surface area (Å²) in [5, 5.41) is 7.32. The zero-order chi connectivity index (χ0) is 12.2. The Bertz CT molecular complexity index is 472. The molecule has 2 aromatic heterocycles. The zero-order valence-electron chi connectivity index (χ0n) is 10.1. The summed E-state index contributed by atoms with van der Waals surface area (Å²) < 4.78 is 16.0. The maximum Gasteiger partial charge on any atom is 0.202 e. The van der Waals surface area contributed by atoms with E-state index in [4.69, 9.17) is 13.7 Å². The summed E-state index contributed by atoms with van der Waals surface area (Å²) in [7, 11) is 0. The molecule has 0 amide bonds. The highest BCUT2D eigenvalue weighted by molar-refractivity contribution is 5.49. The normalized spacial score (nSPS) is 19.4. The molecule has 3 heterocycles. The molecule has 0 saturated carbocycles. The van der Waals surface area contributed by atoms with Crippen LogP contribution in [0.1, 0.15) is 18.5 Å². The molecule has 0 bridgehead atoms. The zero-order valence-corrected chi connectivity index (χ0v) is 10.1. The quantitative estimate of drug-likeness (QED) is 0.879. The van der Waals surface area contributed by atoms with Crippen molar-refractivity contribution in [2.75, 3.05) is 13.2 Å². The lowest BCUT2D eigenvalue weighted by atomic mass is 10.2. The first-order valence-corrected chi connectivity index (χ1v) is 6.23. The lowest BCUT2D eigenvalue weighted by Crippen LogP contribution is -2.25. The maximum absolute atomic E-state index is 5.53. The SMILES string of the molecule is c1coc(-c2cc(CNCC3CCCO3)no2)c1. The van der Waals surface area contributed by atoms with Gasteiger partial charge in [0.25, 0.3) is 0 Å². The predicted molar refractivity (Wildman–Crippen MR) is 64.9 cm³/mol.